The number of ether oxygens (including phenoxy) is 1. The number of alkyl halides is 3. The van der Waals surface area contributed by atoms with Crippen LogP contribution in [-0.4, -0.2) is 49.5 Å². The Morgan fingerprint density at radius 1 is 0.952 bits per heavy atom. The number of halogens is 6. The zero-order chi connectivity index (χ0) is 30.2. The third-order valence-corrected chi connectivity index (χ3v) is 10.00. The monoisotopic (exact) mass is 701 g/mol. The van der Waals surface area contributed by atoms with Crippen molar-refractivity contribution in [1.82, 2.24) is 9.29 Å². The van der Waals surface area contributed by atoms with Gasteiger partial charge in [-0.3, -0.25) is 0 Å². The minimum Gasteiger partial charge on any atom is -0.481 e. The van der Waals surface area contributed by atoms with Crippen molar-refractivity contribution in [1.29, 1.82) is 0 Å². The molecule has 4 aromatic rings. The van der Waals surface area contributed by atoms with E-state index in [1.807, 2.05) is 60.7 Å². The molecule has 5 rings (SSSR count). The van der Waals surface area contributed by atoms with Gasteiger partial charge in [-0.05, 0) is 81.9 Å². The van der Waals surface area contributed by atoms with E-state index < -0.39 is 15.5 Å². The van der Waals surface area contributed by atoms with Gasteiger partial charge in [-0.15, -0.1) is 0 Å². The third-order valence-electron chi connectivity index (χ3n) is 7.26. The topological polar surface area (TPSA) is 71.5 Å². The fraction of sp³-hybridized carbons (Fsp3) is 0.276. The van der Waals surface area contributed by atoms with Gasteiger partial charge >= 0.3 is 15.5 Å². The molecule has 0 bridgehead atoms. The van der Waals surface area contributed by atoms with Crippen LogP contribution in [0.3, 0.4) is 0 Å². The van der Waals surface area contributed by atoms with E-state index in [0.717, 1.165) is 26.5 Å². The largest absolute Gasteiger partial charge is 0.511 e. The quantitative estimate of drug-likeness (QED) is 0.197. The average molecular weight is 703 g/mol. The highest BCUT2D eigenvalue weighted by molar-refractivity contribution is 9.10. The molecule has 42 heavy (non-hydrogen) atoms. The Bertz CT molecular complexity index is 1650. The molecule has 1 aliphatic heterocycles. The second-order valence-electron chi connectivity index (χ2n) is 9.92. The van der Waals surface area contributed by atoms with E-state index in [2.05, 4.69) is 26.2 Å². The molecule has 1 aromatic heterocycles. The number of benzene rings is 3. The number of hydrogen-bond acceptors (Lipinski definition) is 5. The van der Waals surface area contributed by atoms with Crippen LogP contribution in [0.1, 0.15) is 35.4 Å². The molecular weight excluding hydrogens is 678 g/mol. The molecule has 0 atom stereocenters. The standard InChI is InChI=1S/C29H25BrCl2F3N3O3S/c1-41-26-16-25(36-22-10-12-38(13-11-22)42(39,40)29(33,34)35)23-14-19(15-24(30)28(23)37-26)27(17-2-6-20(31)7-3-17)18-4-8-21(32)9-5-18/h2-9,14-16,22,27H,10-13H2,1H3,(H,36,37). The molecule has 1 N–H and O–H groups in total. The summed E-state index contributed by atoms with van der Waals surface area (Å²) in [6, 6.07) is 20.7. The van der Waals surface area contributed by atoms with Crippen LogP contribution in [-0.2, 0) is 10.0 Å². The summed E-state index contributed by atoms with van der Waals surface area (Å²) >= 11 is 16.1. The lowest BCUT2D eigenvalue weighted by molar-refractivity contribution is -0.0494. The van der Waals surface area contributed by atoms with Crippen molar-refractivity contribution in [2.75, 3.05) is 25.5 Å². The van der Waals surface area contributed by atoms with Gasteiger partial charge in [0.2, 0.25) is 5.88 Å². The van der Waals surface area contributed by atoms with Crippen LogP contribution in [0.5, 0.6) is 5.88 Å². The number of hydrogen-bond donors (Lipinski definition) is 1. The first-order valence-electron chi connectivity index (χ1n) is 12.9. The molecule has 0 amide bonds. The molecule has 0 spiro atoms. The first-order valence-corrected chi connectivity index (χ1v) is 15.9. The van der Waals surface area contributed by atoms with E-state index >= 15 is 0 Å². The predicted molar refractivity (Wildman–Crippen MR) is 163 cm³/mol. The van der Waals surface area contributed by atoms with Crippen molar-refractivity contribution in [3.8, 4) is 5.88 Å². The lowest BCUT2D eigenvalue weighted by atomic mass is 9.84. The van der Waals surface area contributed by atoms with Crippen molar-refractivity contribution >= 4 is 65.7 Å². The van der Waals surface area contributed by atoms with E-state index in [1.165, 1.54) is 7.11 Å². The maximum absolute atomic E-state index is 13.1. The summed E-state index contributed by atoms with van der Waals surface area (Å²) in [5.41, 5.74) is -1.08. The minimum atomic E-state index is -5.37. The number of pyridine rings is 1. The van der Waals surface area contributed by atoms with E-state index in [-0.39, 0.29) is 37.9 Å². The molecular formula is C29H25BrCl2F3N3O3S. The summed E-state index contributed by atoms with van der Waals surface area (Å²) < 4.78 is 69.6. The molecule has 0 unspecified atom stereocenters. The van der Waals surface area contributed by atoms with Crippen molar-refractivity contribution in [3.63, 3.8) is 0 Å². The Morgan fingerprint density at radius 3 is 2.00 bits per heavy atom. The van der Waals surface area contributed by atoms with Gasteiger partial charge in [0.05, 0.1) is 12.6 Å². The molecule has 2 heterocycles. The number of methoxy groups -OCH3 is 1. The van der Waals surface area contributed by atoms with Gasteiger partial charge in [-0.25, -0.2) is 13.4 Å². The Morgan fingerprint density at radius 2 is 1.50 bits per heavy atom. The van der Waals surface area contributed by atoms with Gasteiger partial charge in [-0.1, -0.05) is 47.5 Å². The van der Waals surface area contributed by atoms with Crippen LogP contribution in [0.4, 0.5) is 18.9 Å². The Labute approximate surface area is 260 Å². The highest BCUT2D eigenvalue weighted by Gasteiger charge is 2.50. The van der Waals surface area contributed by atoms with Crippen molar-refractivity contribution in [2.45, 2.75) is 30.3 Å². The summed E-state index contributed by atoms with van der Waals surface area (Å²) in [5.74, 6) is 0.161. The first kappa shape index (κ1) is 30.9. The first-order chi connectivity index (χ1) is 19.9. The minimum absolute atomic E-state index is 0.189. The maximum atomic E-state index is 13.1. The van der Waals surface area contributed by atoms with Gasteiger partial charge < -0.3 is 10.1 Å². The van der Waals surface area contributed by atoms with Gasteiger partial charge in [0.25, 0.3) is 0 Å². The van der Waals surface area contributed by atoms with E-state index in [1.54, 1.807) is 6.07 Å². The Balaban J connectivity index is 1.54. The molecule has 1 saturated heterocycles. The second kappa shape index (κ2) is 12.2. The highest BCUT2D eigenvalue weighted by Crippen LogP contribution is 2.40. The molecule has 3 aromatic carbocycles. The van der Waals surface area contributed by atoms with Gasteiger partial charge in [0, 0.05) is 56.7 Å². The number of aromatic nitrogens is 1. The number of sulfonamides is 1. The van der Waals surface area contributed by atoms with E-state index in [0.29, 0.717) is 31.4 Å². The molecule has 6 nitrogen and oxygen atoms in total. The van der Waals surface area contributed by atoms with Crippen molar-refractivity contribution in [2.24, 2.45) is 0 Å². The lowest BCUT2D eigenvalue weighted by Gasteiger charge is -2.32. The molecule has 0 saturated carbocycles. The fourth-order valence-electron chi connectivity index (χ4n) is 5.17. The third kappa shape index (κ3) is 6.35. The fourth-order valence-corrected chi connectivity index (χ4v) is 6.97. The number of piperidine rings is 1. The molecule has 222 valence electrons. The zero-order valence-electron chi connectivity index (χ0n) is 22.1. The number of rotatable bonds is 7. The highest BCUT2D eigenvalue weighted by atomic mass is 79.9. The number of nitrogens with zero attached hydrogens (tertiary/aromatic N) is 2. The summed E-state index contributed by atoms with van der Waals surface area (Å²) in [6.07, 6.45) is 0.390. The normalized spacial score (nSPS) is 15.3. The smallest absolute Gasteiger partial charge is 0.481 e. The summed E-state index contributed by atoms with van der Waals surface area (Å²) in [7, 11) is -3.87. The van der Waals surface area contributed by atoms with Gasteiger partial charge in [-0.2, -0.15) is 17.5 Å². The molecule has 1 fully saturated rings. The average Bonchev–Trinajstić information content (AvgIpc) is 2.95. The number of nitrogens with one attached hydrogen (secondary N) is 1. The second-order valence-corrected chi connectivity index (χ2v) is 13.6. The van der Waals surface area contributed by atoms with Crippen LogP contribution in [0.2, 0.25) is 10.0 Å². The van der Waals surface area contributed by atoms with Crippen LogP contribution in [0, 0.1) is 0 Å². The molecule has 13 heteroatoms. The lowest BCUT2D eigenvalue weighted by Crippen LogP contribution is -2.47. The van der Waals surface area contributed by atoms with Crippen LogP contribution in [0.15, 0.2) is 71.2 Å². The van der Waals surface area contributed by atoms with Crippen LogP contribution >= 0.6 is 39.1 Å². The van der Waals surface area contributed by atoms with Gasteiger partial charge in [0.15, 0.2) is 0 Å². The predicted octanol–water partition coefficient (Wildman–Crippen LogP) is 8.22. The maximum Gasteiger partial charge on any atom is 0.511 e. The van der Waals surface area contributed by atoms with Crippen molar-refractivity contribution in [3.05, 3.63) is 97.9 Å². The summed E-state index contributed by atoms with van der Waals surface area (Å²) in [6.45, 7) is -0.492. The molecule has 0 radical (unpaired) electrons. The van der Waals surface area contributed by atoms with E-state index in [4.69, 9.17) is 27.9 Å². The summed E-state index contributed by atoms with van der Waals surface area (Å²) in [5, 5.41) is 5.41. The Hall–Kier alpha value is -2.57. The van der Waals surface area contributed by atoms with Crippen LogP contribution in [0.25, 0.3) is 10.9 Å². The molecule has 1 aliphatic rings. The molecule has 0 aliphatic carbocycles. The van der Waals surface area contributed by atoms with Crippen LogP contribution < -0.4 is 10.1 Å². The van der Waals surface area contributed by atoms with E-state index in [9.17, 15) is 21.6 Å². The Kier molecular flexibility index (Phi) is 8.97. The van der Waals surface area contributed by atoms with Crippen molar-refractivity contribution < 1.29 is 26.3 Å². The number of fused-ring (bicyclic) bond motifs is 1. The number of anilines is 1. The zero-order valence-corrected chi connectivity index (χ0v) is 26.0. The SMILES string of the molecule is COc1cc(NC2CCN(S(=O)(=O)C(F)(F)F)CC2)c2cc(C(c3ccc(Cl)cc3)c3ccc(Cl)cc3)cc(Br)c2n1. The van der Waals surface area contributed by atoms with Gasteiger partial charge in [0.1, 0.15) is 0 Å². The summed E-state index contributed by atoms with van der Waals surface area (Å²) in [4.78, 5) is 4.63.